The van der Waals surface area contributed by atoms with Crippen molar-refractivity contribution in [1.82, 2.24) is 0 Å². The van der Waals surface area contributed by atoms with Gasteiger partial charge in [0.1, 0.15) is 5.56 Å². The summed E-state index contributed by atoms with van der Waals surface area (Å²) < 4.78 is 4.98. The average molecular weight is 185 g/mol. The molecule has 0 aromatic carbocycles. The SMILES string of the molecule is ClC1OCCC1Br. The molecule has 0 radical (unpaired) electrons. The molecule has 0 aliphatic carbocycles. The maximum Gasteiger partial charge on any atom is 0.143 e. The highest BCUT2D eigenvalue weighted by atomic mass is 79.9. The Morgan fingerprint density at radius 2 is 2.43 bits per heavy atom. The van der Waals surface area contributed by atoms with Gasteiger partial charge in [0.25, 0.3) is 0 Å². The third kappa shape index (κ3) is 1.31. The van der Waals surface area contributed by atoms with Gasteiger partial charge in [-0.25, -0.2) is 0 Å². The minimum absolute atomic E-state index is 0.0972. The molecule has 42 valence electrons. The van der Waals surface area contributed by atoms with Gasteiger partial charge in [-0.05, 0) is 6.42 Å². The van der Waals surface area contributed by atoms with Gasteiger partial charge in [-0.15, -0.1) is 0 Å². The van der Waals surface area contributed by atoms with Gasteiger partial charge in [0.15, 0.2) is 0 Å². The van der Waals surface area contributed by atoms with Crippen LogP contribution in [0.25, 0.3) is 0 Å². The van der Waals surface area contributed by atoms with E-state index in [1.54, 1.807) is 0 Å². The van der Waals surface area contributed by atoms with Gasteiger partial charge in [-0.1, -0.05) is 27.5 Å². The van der Waals surface area contributed by atoms with Crippen molar-refractivity contribution in [3.8, 4) is 0 Å². The maximum absolute atomic E-state index is 5.59. The first-order valence-electron chi connectivity index (χ1n) is 2.20. The molecule has 3 heteroatoms. The lowest BCUT2D eigenvalue weighted by Gasteiger charge is -1.99. The molecule has 2 unspecified atom stereocenters. The molecule has 0 amide bonds. The Morgan fingerprint density at radius 3 is 2.57 bits per heavy atom. The highest BCUT2D eigenvalue weighted by molar-refractivity contribution is 9.09. The van der Waals surface area contributed by atoms with Gasteiger partial charge in [0.2, 0.25) is 0 Å². The summed E-state index contributed by atoms with van der Waals surface area (Å²) >= 11 is 8.94. The molecule has 1 heterocycles. The summed E-state index contributed by atoms with van der Waals surface area (Å²) in [7, 11) is 0. The summed E-state index contributed by atoms with van der Waals surface area (Å²) in [5.74, 6) is 0. The van der Waals surface area contributed by atoms with E-state index >= 15 is 0 Å². The third-order valence-corrected chi connectivity index (χ3v) is 2.63. The lowest BCUT2D eigenvalue weighted by atomic mass is 10.4. The van der Waals surface area contributed by atoms with E-state index in [2.05, 4.69) is 15.9 Å². The van der Waals surface area contributed by atoms with Gasteiger partial charge >= 0.3 is 0 Å². The molecule has 2 atom stereocenters. The first kappa shape index (κ1) is 5.86. The van der Waals surface area contributed by atoms with Gasteiger partial charge in [0.05, 0.1) is 4.83 Å². The monoisotopic (exact) mass is 184 g/mol. The topological polar surface area (TPSA) is 9.23 Å². The summed E-state index contributed by atoms with van der Waals surface area (Å²) in [5.41, 5.74) is -0.0972. The van der Waals surface area contributed by atoms with Crippen LogP contribution < -0.4 is 0 Å². The van der Waals surface area contributed by atoms with Gasteiger partial charge in [-0.2, -0.15) is 0 Å². The zero-order valence-corrected chi connectivity index (χ0v) is 6.08. The molecule has 1 aliphatic rings. The van der Waals surface area contributed by atoms with Crippen LogP contribution >= 0.6 is 27.5 Å². The van der Waals surface area contributed by atoms with Crippen LogP contribution in [0.2, 0.25) is 0 Å². The van der Waals surface area contributed by atoms with E-state index in [0.717, 1.165) is 13.0 Å². The molecule has 0 bridgehead atoms. The highest BCUT2D eigenvalue weighted by Crippen LogP contribution is 2.23. The fourth-order valence-corrected chi connectivity index (χ4v) is 1.08. The van der Waals surface area contributed by atoms with E-state index in [1.807, 2.05) is 0 Å². The summed E-state index contributed by atoms with van der Waals surface area (Å²) in [6.07, 6.45) is 1.04. The minimum Gasteiger partial charge on any atom is -0.361 e. The second kappa shape index (κ2) is 2.33. The van der Waals surface area contributed by atoms with Crippen molar-refractivity contribution in [1.29, 1.82) is 0 Å². The summed E-state index contributed by atoms with van der Waals surface area (Å²) in [6.45, 7) is 0.796. The predicted octanol–water partition coefficient (Wildman–Crippen LogP) is 1.74. The number of hydrogen-bond donors (Lipinski definition) is 0. The van der Waals surface area contributed by atoms with Crippen molar-refractivity contribution in [2.24, 2.45) is 0 Å². The predicted molar refractivity (Wildman–Crippen MR) is 32.9 cm³/mol. The Kier molecular flexibility index (Phi) is 1.95. The fraction of sp³-hybridized carbons (Fsp3) is 1.00. The fourth-order valence-electron chi connectivity index (χ4n) is 0.529. The molecule has 1 fully saturated rings. The van der Waals surface area contributed by atoms with Gasteiger partial charge < -0.3 is 4.74 Å². The molecule has 1 nitrogen and oxygen atoms in total. The van der Waals surface area contributed by atoms with E-state index in [0.29, 0.717) is 4.83 Å². The van der Waals surface area contributed by atoms with Crippen LogP contribution in [0.15, 0.2) is 0 Å². The summed E-state index contributed by atoms with van der Waals surface area (Å²) in [6, 6.07) is 0. The average Bonchev–Trinajstić information content (AvgIpc) is 1.91. The van der Waals surface area contributed by atoms with Crippen molar-refractivity contribution in [3.63, 3.8) is 0 Å². The Hall–Kier alpha value is 0.730. The van der Waals surface area contributed by atoms with Crippen molar-refractivity contribution in [2.75, 3.05) is 6.61 Å². The number of halogens is 2. The molecule has 0 spiro atoms. The van der Waals surface area contributed by atoms with E-state index in [4.69, 9.17) is 16.3 Å². The molecule has 0 aromatic rings. The van der Waals surface area contributed by atoms with Crippen LogP contribution in [-0.4, -0.2) is 17.0 Å². The van der Waals surface area contributed by atoms with Crippen molar-refractivity contribution < 1.29 is 4.74 Å². The molecule has 0 aromatic heterocycles. The van der Waals surface area contributed by atoms with Crippen LogP contribution in [0.5, 0.6) is 0 Å². The second-order valence-electron chi connectivity index (χ2n) is 1.53. The van der Waals surface area contributed by atoms with Crippen molar-refractivity contribution in [2.45, 2.75) is 16.8 Å². The number of ether oxygens (including phenoxy) is 1. The zero-order valence-electron chi connectivity index (χ0n) is 3.73. The number of hydrogen-bond acceptors (Lipinski definition) is 1. The minimum atomic E-state index is -0.0972. The molecule has 1 aliphatic heterocycles. The molecule has 1 saturated heterocycles. The Balaban J connectivity index is 2.33. The van der Waals surface area contributed by atoms with Crippen molar-refractivity contribution >= 4 is 27.5 Å². The van der Waals surface area contributed by atoms with Gasteiger partial charge in [0, 0.05) is 6.61 Å². The molecule has 7 heavy (non-hydrogen) atoms. The second-order valence-corrected chi connectivity index (χ2v) is 3.13. The Labute approximate surface area is 56.1 Å². The van der Waals surface area contributed by atoms with E-state index in [9.17, 15) is 0 Å². The first-order valence-corrected chi connectivity index (χ1v) is 3.55. The van der Waals surface area contributed by atoms with Crippen LogP contribution in [0.1, 0.15) is 6.42 Å². The van der Waals surface area contributed by atoms with E-state index in [-0.39, 0.29) is 5.56 Å². The molecular weight excluding hydrogens is 179 g/mol. The molecular formula is C4H6BrClO. The lowest BCUT2D eigenvalue weighted by molar-refractivity contribution is 0.170. The van der Waals surface area contributed by atoms with E-state index < -0.39 is 0 Å². The van der Waals surface area contributed by atoms with Crippen molar-refractivity contribution in [3.05, 3.63) is 0 Å². The van der Waals surface area contributed by atoms with Crippen LogP contribution in [0.3, 0.4) is 0 Å². The normalized spacial score (nSPS) is 42.0. The smallest absolute Gasteiger partial charge is 0.143 e. The van der Waals surface area contributed by atoms with E-state index in [1.165, 1.54) is 0 Å². The third-order valence-electron chi connectivity index (χ3n) is 0.955. The lowest BCUT2D eigenvalue weighted by Crippen LogP contribution is -2.04. The zero-order chi connectivity index (χ0) is 5.28. The first-order chi connectivity index (χ1) is 3.30. The van der Waals surface area contributed by atoms with Gasteiger partial charge in [-0.3, -0.25) is 0 Å². The maximum atomic E-state index is 5.59. The van der Waals surface area contributed by atoms with Crippen LogP contribution in [-0.2, 0) is 4.74 Å². The molecule has 1 rings (SSSR count). The largest absolute Gasteiger partial charge is 0.361 e. The summed E-state index contributed by atoms with van der Waals surface area (Å²) in [4.78, 5) is 0.370. The van der Waals surface area contributed by atoms with Crippen LogP contribution in [0.4, 0.5) is 0 Å². The van der Waals surface area contributed by atoms with Crippen LogP contribution in [0, 0.1) is 0 Å². The number of alkyl halides is 2. The number of rotatable bonds is 0. The highest BCUT2D eigenvalue weighted by Gasteiger charge is 2.22. The summed E-state index contributed by atoms with van der Waals surface area (Å²) in [5, 5.41) is 0. The Morgan fingerprint density at radius 1 is 1.71 bits per heavy atom. The Bertz CT molecular complexity index is 60.7. The molecule has 0 saturated carbocycles. The standard InChI is InChI=1S/C4H6BrClO/c5-3-1-2-7-4(3)6/h3-4H,1-2H2. The molecule has 0 N–H and O–H groups in total. The quantitative estimate of drug-likeness (QED) is 0.522.